The highest BCUT2D eigenvalue weighted by Crippen LogP contribution is 2.21. The molecule has 0 atom stereocenters. The molecule has 1 nitrogen and oxygen atoms in total. The van der Waals surface area contributed by atoms with Gasteiger partial charge in [-0.2, -0.15) is 0 Å². The number of alkyl halides is 2. The Morgan fingerprint density at radius 1 is 1.17 bits per heavy atom. The molecule has 72 valence electrons. The normalized spacial score (nSPS) is 14.2. The molecule has 0 aromatic heterocycles. The van der Waals surface area contributed by atoms with E-state index in [4.69, 9.17) is 4.74 Å². The Morgan fingerprint density at radius 3 is 2.00 bits per heavy atom. The monoisotopic (exact) mass is 178 g/mol. The van der Waals surface area contributed by atoms with E-state index in [-0.39, 0.29) is 5.41 Å². The van der Waals surface area contributed by atoms with E-state index in [0.29, 0.717) is 6.61 Å². The van der Waals surface area contributed by atoms with Crippen molar-refractivity contribution >= 4 is 0 Å². The highest BCUT2D eigenvalue weighted by Gasteiger charge is 2.19. The maximum Gasteiger partial charge on any atom is 0.263 e. The second kappa shape index (κ2) is 3.99. The quantitative estimate of drug-likeness (QED) is 0.601. The number of allylic oxidation sites excluding steroid dienone is 1. The topological polar surface area (TPSA) is 9.23 Å². The average molecular weight is 178 g/mol. The molecular weight excluding hydrogens is 162 g/mol. The van der Waals surface area contributed by atoms with Gasteiger partial charge in [0.2, 0.25) is 0 Å². The minimum absolute atomic E-state index is 0.325. The van der Waals surface area contributed by atoms with E-state index in [0.717, 1.165) is 13.0 Å². The Kier molecular flexibility index (Phi) is 3.84. The summed E-state index contributed by atoms with van der Waals surface area (Å²) in [4.78, 5) is 0. The summed E-state index contributed by atoms with van der Waals surface area (Å²) in [6.45, 7) is 5.00. The molecule has 0 radical (unpaired) electrons. The van der Waals surface area contributed by atoms with Crippen LogP contribution in [0.1, 0.15) is 20.8 Å². The van der Waals surface area contributed by atoms with Crippen LogP contribution in [0.25, 0.3) is 0 Å². The van der Waals surface area contributed by atoms with E-state index in [1.165, 1.54) is 6.08 Å². The summed E-state index contributed by atoms with van der Waals surface area (Å²) in [6.07, 6.45) is 2.39. The van der Waals surface area contributed by atoms with Crippen molar-refractivity contribution in [1.82, 2.24) is 0 Å². The van der Waals surface area contributed by atoms with E-state index in [1.807, 2.05) is 13.8 Å². The fourth-order valence-corrected chi connectivity index (χ4v) is 0.792. The molecule has 3 heteroatoms. The van der Waals surface area contributed by atoms with Crippen molar-refractivity contribution in [3.63, 3.8) is 0 Å². The van der Waals surface area contributed by atoms with Crippen molar-refractivity contribution in [3.05, 3.63) is 12.2 Å². The molecule has 0 N–H and O–H groups in total. The summed E-state index contributed by atoms with van der Waals surface area (Å²) in [5.41, 5.74) is -0.325. The molecule has 0 amide bonds. The van der Waals surface area contributed by atoms with Crippen LogP contribution < -0.4 is 0 Å². The van der Waals surface area contributed by atoms with Crippen LogP contribution in [0, 0.1) is 5.41 Å². The molecule has 0 saturated heterocycles. The van der Waals surface area contributed by atoms with Crippen LogP contribution in [0.15, 0.2) is 12.2 Å². The molecule has 0 aliphatic rings. The maximum atomic E-state index is 12.4. The molecule has 0 fully saturated rings. The Morgan fingerprint density at radius 2 is 1.67 bits per heavy atom. The van der Waals surface area contributed by atoms with Gasteiger partial charge in [-0.3, -0.25) is 0 Å². The van der Waals surface area contributed by atoms with Crippen LogP contribution in [0.4, 0.5) is 8.78 Å². The fourth-order valence-electron chi connectivity index (χ4n) is 0.792. The summed E-state index contributed by atoms with van der Waals surface area (Å²) in [5.74, 6) is -2.73. The van der Waals surface area contributed by atoms with Crippen molar-refractivity contribution in [3.8, 4) is 0 Å². The van der Waals surface area contributed by atoms with Gasteiger partial charge in [0.05, 0.1) is 6.61 Å². The number of hydrogen-bond donors (Lipinski definition) is 0. The van der Waals surface area contributed by atoms with Gasteiger partial charge in [0.15, 0.2) is 0 Å². The Labute approximate surface area is 72.4 Å². The van der Waals surface area contributed by atoms with Crippen LogP contribution >= 0.6 is 0 Å². The molecule has 0 spiro atoms. The molecular formula is C9H16F2O. The molecule has 0 aromatic rings. The molecule has 0 aliphatic carbocycles. The maximum absolute atomic E-state index is 12.4. The zero-order chi connectivity index (χ0) is 9.83. The predicted molar refractivity (Wildman–Crippen MR) is 45.4 cm³/mol. The largest absolute Gasteiger partial charge is 0.384 e. The first-order valence-corrected chi connectivity index (χ1v) is 3.84. The number of hydrogen-bond acceptors (Lipinski definition) is 1. The lowest BCUT2D eigenvalue weighted by atomic mass is 9.94. The van der Waals surface area contributed by atoms with E-state index in [2.05, 4.69) is 0 Å². The lowest BCUT2D eigenvalue weighted by molar-refractivity contribution is 0.0742. The van der Waals surface area contributed by atoms with Gasteiger partial charge in [0.25, 0.3) is 5.92 Å². The van der Waals surface area contributed by atoms with Crippen LogP contribution in [0.3, 0.4) is 0 Å². The minimum Gasteiger partial charge on any atom is -0.384 e. The summed E-state index contributed by atoms with van der Waals surface area (Å²) >= 11 is 0. The van der Waals surface area contributed by atoms with Crippen LogP contribution in [0.2, 0.25) is 0 Å². The van der Waals surface area contributed by atoms with Crippen LogP contribution in [0.5, 0.6) is 0 Å². The minimum atomic E-state index is -2.73. The molecule has 0 rings (SSSR count). The summed E-state index contributed by atoms with van der Waals surface area (Å²) in [6, 6.07) is 0. The van der Waals surface area contributed by atoms with Gasteiger partial charge in [0, 0.05) is 19.4 Å². The summed E-state index contributed by atoms with van der Waals surface area (Å²) in [5, 5.41) is 0. The summed E-state index contributed by atoms with van der Waals surface area (Å²) < 4.78 is 29.6. The van der Waals surface area contributed by atoms with Gasteiger partial charge < -0.3 is 4.74 Å². The predicted octanol–water partition coefficient (Wildman–Crippen LogP) is 2.87. The summed E-state index contributed by atoms with van der Waals surface area (Å²) in [7, 11) is 1.56. The molecule has 0 heterocycles. The zero-order valence-electron chi connectivity index (χ0n) is 8.03. The smallest absolute Gasteiger partial charge is 0.263 e. The van der Waals surface area contributed by atoms with Gasteiger partial charge in [-0.05, 0) is 6.08 Å². The lowest BCUT2D eigenvalue weighted by Gasteiger charge is -2.19. The van der Waals surface area contributed by atoms with Crippen LogP contribution in [-0.4, -0.2) is 19.6 Å². The molecule has 0 aliphatic heterocycles. The van der Waals surface area contributed by atoms with Gasteiger partial charge in [-0.25, -0.2) is 8.78 Å². The van der Waals surface area contributed by atoms with Gasteiger partial charge >= 0.3 is 0 Å². The fraction of sp³-hybridized carbons (Fsp3) is 0.778. The Bertz CT molecular complexity index is 156. The van der Waals surface area contributed by atoms with Crippen molar-refractivity contribution < 1.29 is 13.5 Å². The average Bonchev–Trinajstić information content (AvgIpc) is 1.83. The molecule has 0 unspecified atom stereocenters. The van der Waals surface area contributed by atoms with E-state index >= 15 is 0 Å². The highest BCUT2D eigenvalue weighted by molar-refractivity contribution is 5.00. The first kappa shape index (κ1) is 11.6. The third-order valence-corrected chi connectivity index (χ3v) is 1.34. The second-order valence-corrected chi connectivity index (χ2v) is 3.71. The number of rotatable bonds is 4. The number of ether oxygens (including phenoxy) is 1. The van der Waals surface area contributed by atoms with Gasteiger partial charge in [0.1, 0.15) is 0 Å². The SMILES string of the molecule is COCC(C)(C)/C=C/C(C)(F)F. The van der Waals surface area contributed by atoms with Crippen molar-refractivity contribution in [1.29, 1.82) is 0 Å². The van der Waals surface area contributed by atoms with Gasteiger partial charge in [-0.1, -0.05) is 19.9 Å². The van der Waals surface area contributed by atoms with Crippen molar-refractivity contribution in [2.45, 2.75) is 26.7 Å². The van der Waals surface area contributed by atoms with E-state index in [1.54, 1.807) is 7.11 Å². The molecule has 12 heavy (non-hydrogen) atoms. The molecule has 0 bridgehead atoms. The second-order valence-electron chi connectivity index (χ2n) is 3.71. The Balaban J connectivity index is 4.13. The van der Waals surface area contributed by atoms with E-state index < -0.39 is 5.92 Å². The molecule has 0 saturated carbocycles. The first-order chi connectivity index (χ1) is 5.27. The standard InChI is InChI=1S/C9H16F2O/c1-8(2,7-12-4)5-6-9(3,10)11/h5-6H,7H2,1-4H3/b6-5+. The zero-order valence-corrected chi connectivity index (χ0v) is 8.03. The van der Waals surface area contributed by atoms with Crippen molar-refractivity contribution in [2.75, 3.05) is 13.7 Å². The lowest BCUT2D eigenvalue weighted by Crippen LogP contribution is -2.16. The third kappa shape index (κ3) is 6.28. The molecule has 0 aromatic carbocycles. The Hall–Kier alpha value is -0.440. The third-order valence-electron chi connectivity index (χ3n) is 1.34. The van der Waals surface area contributed by atoms with Crippen molar-refractivity contribution in [2.24, 2.45) is 5.41 Å². The van der Waals surface area contributed by atoms with E-state index in [9.17, 15) is 8.78 Å². The first-order valence-electron chi connectivity index (χ1n) is 3.84. The van der Waals surface area contributed by atoms with Gasteiger partial charge in [-0.15, -0.1) is 0 Å². The van der Waals surface area contributed by atoms with Crippen LogP contribution in [-0.2, 0) is 4.74 Å². The number of methoxy groups -OCH3 is 1. The highest BCUT2D eigenvalue weighted by atomic mass is 19.3. The number of halogens is 2.